The van der Waals surface area contributed by atoms with E-state index >= 15 is 0 Å². The number of aryl methyl sites for hydroxylation is 1. The number of rotatable bonds is 1. The van der Waals surface area contributed by atoms with E-state index in [9.17, 15) is 4.39 Å². The molecule has 6 heteroatoms. The van der Waals surface area contributed by atoms with E-state index in [0.29, 0.717) is 21.9 Å². The van der Waals surface area contributed by atoms with Gasteiger partial charge in [-0.05, 0) is 12.1 Å². The Kier molecular flexibility index (Phi) is 2.53. The minimum Gasteiger partial charge on any atom is -0.338 e. The van der Waals surface area contributed by atoms with Crippen LogP contribution in [-0.2, 0) is 7.05 Å². The van der Waals surface area contributed by atoms with Crippen LogP contribution >= 0.6 is 11.6 Å². The number of aromatic amines is 1. The zero-order chi connectivity index (χ0) is 14.6. The number of nitrogens with zero attached hydrogens (tertiary/aromatic N) is 3. The van der Waals surface area contributed by atoms with Crippen molar-refractivity contribution in [2.45, 2.75) is 0 Å². The molecule has 0 unspecified atom stereocenters. The molecule has 4 nitrogen and oxygen atoms in total. The number of halogens is 2. The molecule has 0 spiro atoms. The average molecular weight is 301 g/mol. The van der Waals surface area contributed by atoms with Gasteiger partial charge in [0.05, 0.1) is 34.1 Å². The molecule has 1 N–H and O–H groups in total. The van der Waals surface area contributed by atoms with Gasteiger partial charge in [-0.2, -0.15) is 0 Å². The van der Waals surface area contributed by atoms with E-state index in [0.717, 1.165) is 16.4 Å². The van der Waals surface area contributed by atoms with Crippen LogP contribution in [0.15, 0.2) is 36.8 Å². The molecule has 3 heterocycles. The highest BCUT2D eigenvalue weighted by atomic mass is 35.5. The lowest BCUT2D eigenvalue weighted by molar-refractivity contribution is 0.628. The summed E-state index contributed by atoms with van der Waals surface area (Å²) in [5.41, 5.74) is 3.69. The van der Waals surface area contributed by atoms with E-state index in [-0.39, 0.29) is 5.82 Å². The van der Waals surface area contributed by atoms with Crippen LogP contribution in [0.1, 0.15) is 0 Å². The van der Waals surface area contributed by atoms with Crippen LogP contribution in [0.5, 0.6) is 0 Å². The van der Waals surface area contributed by atoms with E-state index in [2.05, 4.69) is 15.0 Å². The third kappa shape index (κ3) is 1.74. The van der Waals surface area contributed by atoms with Crippen LogP contribution in [0.3, 0.4) is 0 Å². The smallest absolute Gasteiger partial charge is 0.141 e. The molecule has 0 fully saturated rings. The SMILES string of the molecule is Cn1cnc2cnc3[nH]c(-c4cccc(F)c4)c(Cl)c3c21. The van der Waals surface area contributed by atoms with Gasteiger partial charge in [-0.1, -0.05) is 23.7 Å². The highest BCUT2D eigenvalue weighted by Crippen LogP contribution is 2.37. The number of hydrogen-bond donors (Lipinski definition) is 1. The maximum Gasteiger partial charge on any atom is 0.141 e. The number of benzene rings is 1. The Morgan fingerprint density at radius 3 is 2.95 bits per heavy atom. The molecule has 0 aliphatic rings. The first-order chi connectivity index (χ1) is 10.1. The maximum absolute atomic E-state index is 13.4. The van der Waals surface area contributed by atoms with Gasteiger partial charge in [0.1, 0.15) is 17.0 Å². The number of hydrogen-bond acceptors (Lipinski definition) is 2. The number of H-pyrrole nitrogens is 1. The summed E-state index contributed by atoms with van der Waals surface area (Å²) in [7, 11) is 1.90. The van der Waals surface area contributed by atoms with E-state index in [1.807, 2.05) is 11.6 Å². The van der Waals surface area contributed by atoms with Crippen molar-refractivity contribution in [1.82, 2.24) is 19.5 Å². The zero-order valence-electron chi connectivity index (χ0n) is 11.1. The summed E-state index contributed by atoms with van der Waals surface area (Å²) in [6.45, 7) is 0. The first-order valence-corrected chi connectivity index (χ1v) is 6.76. The second-order valence-electron chi connectivity index (χ2n) is 4.90. The average Bonchev–Trinajstić information content (AvgIpc) is 3.00. The van der Waals surface area contributed by atoms with Crippen molar-refractivity contribution in [2.75, 3.05) is 0 Å². The lowest BCUT2D eigenvalue weighted by Crippen LogP contribution is -1.86. The number of nitrogens with one attached hydrogen (secondary N) is 1. The number of aromatic nitrogens is 4. The molecule has 0 radical (unpaired) electrons. The Morgan fingerprint density at radius 2 is 2.14 bits per heavy atom. The van der Waals surface area contributed by atoms with E-state index in [1.54, 1.807) is 24.7 Å². The van der Waals surface area contributed by atoms with Crippen molar-refractivity contribution < 1.29 is 4.39 Å². The summed E-state index contributed by atoms with van der Waals surface area (Å²) in [4.78, 5) is 11.8. The Morgan fingerprint density at radius 1 is 1.29 bits per heavy atom. The van der Waals surface area contributed by atoms with Crippen molar-refractivity contribution in [3.8, 4) is 11.3 Å². The van der Waals surface area contributed by atoms with Crippen molar-refractivity contribution in [2.24, 2.45) is 7.05 Å². The third-order valence-electron chi connectivity index (χ3n) is 3.55. The van der Waals surface area contributed by atoms with Crippen LogP contribution in [-0.4, -0.2) is 19.5 Å². The van der Waals surface area contributed by atoms with Crippen LogP contribution in [0.4, 0.5) is 4.39 Å². The molecular weight excluding hydrogens is 291 g/mol. The molecule has 4 rings (SSSR count). The first-order valence-electron chi connectivity index (χ1n) is 6.38. The summed E-state index contributed by atoms with van der Waals surface area (Å²) >= 11 is 6.52. The fraction of sp³-hybridized carbons (Fsp3) is 0.0667. The third-order valence-corrected chi connectivity index (χ3v) is 3.93. The quantitative estimate of drug-likeness (QED) is 0.579. The predicted octanol–water partition coefficient (Wildman–Crippen LogP) is 3.91. The van der Waals surface area contributed by atoms with E-state index in [4.69, 9.17) is 11.6 Å². The van der Waals surface area contributed by atoms with Gasteiger partial charge in [-0.25, -0.2) is 14.4 Å². The van der Waals surface area contributed by atoms with Crippen molar-refractivity contribution in [3.63, 3.8) is 0 Å². The molecule has 0 aliphatic heterocycles. The van der Waals surface area contributed by atoms with Gasteiger partial charge < -0.3 is 9.55 Å². The van der Waals surface area contributed by atoms with Gasteiger partial charge in [0, 0.05) is 12.6 Å². The Bertz CT molecular complexity index is 986. The summed E-state index contributed by atoms with van der Waals surface area (Å²) in [6, 6.07) is 6.30. The molecule has 0 saturated carbocycles. The van der Waals surface area contributed by atoms with Crippen molar-refractivity contribution in [1.29, 1.82) is 0 Å². The summed E-state index contributed by atoms with van der Waals surface area (Å²) in [5.74, 6) is -0.305. The maximum atomic E-state index is 13.4. The molecular formula is C15H10ClFN4. The Hall–Kier alpha value is -2.40. The fourth-order valence-electron chi connectivity index (χ4n) is 2.59. The molecule has 4 aromatic rings. The number of fused-ring (bicyclic) bond motifs is 3. The van der Waals surface area contributed by atoms with Gasteiger partial charge in [0.15, 0.2) is 0 Å². The zero-order valence-corrected chi connectivity index (χ0v) is 11.8. The molecule has 104 valence electrons. The second kappa shape index (κ2) is 4.30. The lowest BCUT2D eigenvalue weighted by atomic mass is 10.1. The highest BCUT2D eigenvalue weighted by molar-refractivity contribution is 6.40. The molecule has 1 aromatic carbocycles. The molecule has 0 saturated heterocycles. The van der Waals surface area contributed by atoms with Gasteiger partial charge in [0.2, 0.25) is 0 Å². The van der Waals surface area contributed by atoms with Crippen LogP contribution in [0.25, 0.3) is 33.3 Å². The number of pyridine rings is 1. The Labute approximate surface area is 124 Å². The topological polar surface area (TPSA) is 46.5 Å². The normalized spacial score (nSPS) is 11.6. The van der Waals surface area contributed by atoms with Gasteiger partial charge in [0.25, 0.3) is 0 Å². The molecule has 0 bridgehead atoms. The molecule has 3 aromatic heterocycles. The molecule has 21 heavy (non-hydrogen) atoms. The van der Waals surface area contributed by atoms with Crippen molar-refractivity contribution >= 4 is 33.7 Å². The first kappa shape index (κ1) is 12.3. The monoisotopic (exact) mass is 300 g/mol. The van der Waals surface area contributed by atoms with Crippen LogP contribution in [0.2, 0.25) is 5.02 Å². The lowest BCUT2D eigenvalue weighted by Gasteiger charge is -1.99. The second-order valence-corrected chi connectivity index (χ2v) is 5.27. The Balaban J connectivity index is 2.10. The van der Waals surface area contributed by atoms with Gasteiger partial charge >= 0.3 is 0 Å². The van der Waals surface area contributed by atoms with E-state index < -0.39 is 0 Å². The summed E-state index contributed by atoms with van der Waals surface area (Å²) < 4.78 is 15.3. The molecule has 0 atom stereocenters. The standard InChI is InChI=1S/C15H10ClFN4/c1-21-7-19-10-6-18-15-11(14(10)21)12(16)13(20-15)8-3-2-4-9(17)5-8/h2-7H,1H3,(H,18,20). The van der Waals surface area contributed by atoms with Crippen molar-refractivity contribution in [3.05, 3.63) is 47.6 Å². The minimum absolute atomic E-state index is 0.305. The fourth-order valence-corrected chi connectivity index (χ4v) is 2.93. The van der Waals surface area contributed by atoms with Gasteiger partial charge in [-0.3, -0.25) is 0 Å². The molecule has 0 amide bonds. The summed E-state index contributed by atoms with van der Waals surface area (Å²) in [5, 5.41) is 1.32. The predicted molar refractivity (Wildman–Crippen MR) is 80.8 cm³/mol. The summed E-state index contributed by atoms with van der Waals surface area (Å²) in [6.07, 6.45) is 3.41. The largest absolute Gasteiger partial charge is 0.338 e. The van der Waals surface area contributed by atoms with E-state index in [1.165, 1.54) is 12.1 Å². The molecule has 0 aliphatic carbocycles. The minimum atomic E-state index is -0.305. The van der Waals surface area contributed by atoms with Gasteiger partial charge in [-0.15, -0.1) is 0 Å². The highest BCUT2D eigenvalue weighted by Gasteiger charge is 2.17. The van der Waals surface area contributed by atoms with Crippen LogP contribution < -0.4 is 0 Å². The number of imidazole rings is 1. The van der Waals surface area contributed by atoms with Crippen LogP contribution in [0, 0.1) is 5.82 Å².